The van der Waals surface area contributed by atoms with Crippen LogP contribution in [-0.2, 0) is 6.42 Å². The molecule has 3 aromatic heterocycles. The molecule has 0 bridgehead atoms. The minimum absolute atomic E-state index is 0.130. The van der Waals surface area contributed by atoms with Crippen LogP contribution < -0.4 is 10.6 Å². The van der Waals surface area contributed by atoms with E-state index in [2.05, 4.69) is 35.5 Å². The number of anilines is 1. The zero-order chi connectivity index (χ0) is 27.2. The first-order chi connectivity index (χ1) is 19.0. The zero-order valence-electron chi connectivity index (χ0n) is 22.2. The Labute approximate surface area is 227 Å². The predicted molar refractivity (Wildman–Crippen MR) is 151 cm³/mol. The van der Waals surface area contributed by atoms with Crippen molar-refractivity contribution >= 4 is 28.5 Å². The highest BCUT2D eigenvalue weighted by Crippen LogP contribution is 2.23. The zero-order valence-corrected chi connectivity index (χ0v) is 22.2. The van der Waals surface area contributed by atoms with Crippen LogP contribution in [-0.4, -0.2) is 75.7 Å². The van der Waals surface area contributed by atoms with E-state index in [4.69, 9.17) is 4.98 Å². The smallest absolute Gasteiger partial charge is 0.255 e. The van der Waals surface area contributed by atoms with E-state index < -0.39 is 0 Å². The summed E-state index contributed by atoms with van der Waals surface area (Å²) in [6, 6.07) is 10.2. The lowest BCUT2D eigenvalue weighted by molar-refractivity contribution is 0.0941. The normalized spacial score (nSPS) is 15.0. The van der Waals surface area contributed by atoms with Gasteiger partial charge in [0.15, 0.2) is 5.65 Å². The Morgan fingerprint density at radius 3 is 2.79 bits per heavy atom. The number of hydrogen-bond acceptors (Lipinski definition) is 7. The molecule has 0 spiro atoms. The summed E-state index contributed by atoms with van der Waals surface area (Å²) in [5.74, 6) is -0.582. The van der Waals surface area contributed by atoms with Gasteiger partial charge in [0, 0.05) is 61.9 Å². The number of likely N-dealkylation sites (tertiary alicyclic amines) is 1. The van der Waals surface area contributed by atoms with Crippen LogP contribution in [0.1, 0.15) is 47.1 Å². The molecule has 1 amide bonds. The largest absolute Gasteiger partial charge is 0.383 e. The van der Waals surface area contributed by atoms with E-state index in [9.17, 15) is 9.18 Å². The highest BCUT2D eigenvalue weighted by molar-refractivity contribution is 6.15. The second-order valence-electron chi connectivity index (χ2n) is 9.79. The Bertz CT molecular complexity index is 1460. The number of nitrogens with zero attached hydrogens (tertiary/aromatic N) is 5. The number of aliphatic imine (C=N–C) groups is 1. The summed E-state index contributed by atoms with van der Waals surface area (Å²) in [5.41, 5.74) is 4.66. The first-order valence-electron chi connectivity index (χ1n) is 13.3. The highest BCUT2D eigenvalue weighted by atomic mass is 19.1. The van der Waals surface area contributed by atoms with Crippen molar-refractivity contribution in [3.8, 4) is 0 Å². The van der Waals surface area contributed by atoms with Crippen LogP contribution in [0.3, 0.4) is 0 Å². The van der Waals surface area contributed by atoms with Crippen LogP contribution in [0, 0.1) is 5.82 Å². The second kappa shape index (κ2) is 12.1. The molecular formula is C29H33FN8O. The van der Waals surface area contributed by atoms with E-state index >= 15 is 0 Å². The van der Waals surface area contributed by atoms with Gasteiger partial charge in [-0.3, -0.25) is 14.8 Å². The predicted octanol–water partition coefficient (Wildman–Crippen LogP) is 3.83. The lowest BCUT2D eigenvalue weighted by atomic mass is 10.0. The number of fused-ring (bicyclic) bond motifs is 1. The lowest BCUT2D eigenvalue weighted by Crippen LogP contribution is -2.34. The Hall–Kier alpha value is -4.18. The Morgan fingerprint density at radius 1 is 1.18 bits per heavy atom. The third-order valence-electron chi connectivity index (χ3n) is 6.89. The van der Waals surface area contributed by atoms with Gasteiger partial charge in [-0.15, -0.1) is 0 Å². The van der Waals surface area contributed by atoms with E-state index in [-0.39, 0.29) is 17.8 Å². The van der Waals surface area contributed by atoms with Gasteiger partial charge in [-0.1, -0.05) is 6.07 Å². The van der Waals surface area contributed by atoms with Crippen LogP contribution in [0.25, 0.3) is 11.2 Å². The van der Waals surface area contributed by atoms with Crippen LogP contribution in [0.5, 0.6) is 0 Å². The van der Waals surface area contributed by atoms with E-state index in [0.29, 0.717) is 46.8 Å². The first kappa shape index (κ1) is 26.4. The molecule has 10 heteroatoms. The number of amides is 1. The maximum absolute atomic E-state index is 14.2. The molecular weight excluding hydrogens is 495 g/mol. The average Bonchev–Trinajstić information content (AvgIpc) is 3.61. The third kappa shape index (κ3) is 6.28. The van der Waals surface area contributed by atoms with Crippen LogP contribution in [0.15, 0.2) is 60.0 Å². The number of nitrogens with one attached hydrogen (secondary N) is 3. The summed E-state index contributed by atoms with van der Waals surface area (Å²) in [5, 5.41) is 6.41. The number of H-pyrrole nitrogens is 1. The number of rotatable bonds is 10. The maximum atomic E-state index is 14.2. The fourth-order valence-corrected chi connectivity index (χ4v) is 4.96. The molecule has 1 saturated heterocycles. The molecule has 1 unspecified atom stereocenters. The maximum Gasteiger partial charge on any atom is 0.255 e. The topological polar surface area (TPSA) is 111 Å². The standard InChI is InChI=1S/C29H33FN8O/c1-19(15-21-7-3-4-10-32-21)36-29(39)23-17-34-28-27(23)37-25(18-35-28)26(31-2)22-9-8-20(30)16-24(22)33-11-14-38-12-5-6-13-38/h3-4,7-10,16-19,33H,5-6,11-15H2,1-2H3,(H,34,35)(H,36,39)/b31-26+. The number of aromatic amines is 1. The number of aromatic nitrogens is 4. The SMILES string of the molecule is C/N=C(/c1cnc2[nH]cc(C(=O)NC(C)Cc3ccccn3)c2n1)c1ccc(F)cc1NCCN1CCCC1. The van der Waals surface area contributed by atoms with Gasteiger partial charge in [0.1, 0.15) is 17.0 Å². The van der Waals surface area contributed by atoms with Crippen molar-refractivity contribution in [3.63, 3.8) is 0 Å². The molecule has 1 aliphatic heterocycles. The molecule has 39 heavy (non-hydrogen) atoms. The van der Waals surface area contributed by atoms with Crippen LogP contribution >= 0.6 is 0 Å². The van der Waals surface area contributed by atoms with Gasteiger partial charge < -0.3 is 20.5 Å². The van der Waals surface area contributed by atoms with Crippen molar-refractivity contribution in [1.29, 1.82) is 0 Å². The van der Waals surface area contributed by atoms with E-state index in [1.54, 1.807) is 31.7 Å². The fraction of sp³-hybridized carbons (Fsp3) is 0.345. The van der Waals surface area contributed by atoms with Crippen molar-refractivity contribution in [3.05, 3.63) is 83.3 Å². The minimum atomic E-state index is -0.330. The average molecular weight is 529 g/mol. The summed E-state index contributed by atoms with van der Waals surface area (Å²) in [6.07, 6.45) is 8.02. The van der Waals surface area contributed by atoms with Crippen molar-refractivity contribution < 1.29 is 9.18 Å². The molecule has 1 aromatic carbocycles. The number of halogens is 1. The van der Waals surface area contributed by atoms with E-state index in [1.807, 2.05) is 25.1 Å². The molecule has 0 aliphatic carbocycles. The molecule has 0 radical (unpaired) electrons. The Morgan fingerprint density at radius 2 is 2.03 bits per heavy atom. The van der Waals surface area contributed by atoms with Gasteiger partial charge in [0.05, 0.1) is 17.5 Å². The van der Waals surface area contributed by atoms with Gasteiger partial charge in [-0.2, -0.15) is 0 Å². The van der Waals surface area contributed by atoms with Crippen molar-refractivity contribution in [1.82, 2.24) is 30.2 Å². The minimum Gasteiger partial charge on any atom is -0.383 e. The van der Waals surface area contributed by atoms with E-state index in [1.165, 1.54) is 25.0 Å². The van der Waals surface area contributed by atoms with Crippen molar-refractivity contribution in [2.24, 2.45) is 4.99 Å². The summed E-state index contributed by atoms with van der Waals surface area (Å²) < 4.78 is 14.2. The number of pyridine rings is 1. The van der Waals surface area contributed by atoms with Crippen molar-refractivity contribution in [2.45, 2.75) is 32.2 Å². The molecule has 1 aliphatic rings. The number of hydrogen-bond donors (Lipinski definition) is 3. The number of benzene rings is 1. The first-order valence-corrected chi connectivity index (χ1v) is 13.3. The van der Waals surface area contributed by atoms with E-state index in [0.717, 1.165) is 30.9 Å². The molecule has 1 fully saturated rings. The Kier molecular flexibility index (Phi) is 8.21. The molecule has 3 N–H and O–H groups in total. The molecule has 1 atom stereocenters. The van der Waals surface area contributed by atoms with Gasteiger partial charge in [0.2, 0.25) is 0 Å². The summed E-state index contributed by atoms with van der Waals surface area (Å²) in [7, 11) is 1.67. The fourth-order valence-electron chi connectivity index (χ4n) is 4.96. The molecule has 4 aromatic rings. The highest BCUT2D eigenvalue weighted by Gasteiger charge is 2.20. The van der Waals surface area contributed by atoms with Gasteiger partial charge in [-0.25, -0.2) is 14.4 Å². The van der Waals surface area contributed by atoms with Crippen LogP contribution in [0.4, 0.5) is 10.1 Å². The molecule has 4 heterocycles. The summed E-state index contributed by atoms with van der Waals surface area (Å²) in [4.78, 5) is 36.7. The second-order valence-corrected chi connectivity index (χ2v) is 9.79. The van der Waals surface area contributed by atoms with Crippen molar-refractivity contribution in [2.75, 3.05) is 38.5 Å². The summed E-state index contributed by atoms with van der Waals surface area (Å²) in [6.45, 7) is 5.72. The summed E-state index contributed by atoms with van der Waals surface area (Å²) >= 11 is 0. The molecule has 9 nitrogen and oxygen atoms in total. The number of carbonyl (C=O) groups excluding carboxylic acids is 1. The molecule has 5 rings (SSSR count). The third-order valence-corrected chi connectivity index (χ3v) is 6.89. The van der Waals surface area contributed by atoms with Gasteiger partial charge in [0.25, 0.3) is 5.91 Å². The van der Waals surface area contributed by atoms with Gasteiger partial charge >= 0.3 is 0 Å². The Balaban J connectivity index is 1.36. The quantitative estimate of drug-likeness (QED) is 0.270. The monoisotopic (exact) mass is 528 g/mol. The van der Waals surface area contributed by atoms with Crippen LogP contribution in [0.2, 0.25) is 0 Å². The lowest BCUT2D eigenvalue weighted by Gasteiger charge is -2.18. The molecule has 202 valence electrons. The molecule has 0 saturated carbocycles. The number of carbonyl (C=O) groups is 1. The van der Waals surface area contributed by atoms with Gasteiger partial charge in [-0.05, 0) is 63.2 Å².